The smallest absolute Gasteiger partial charge is 0.225 e. The van der Waals surface area contributed by atoms with Gasteiger partial charge < -0.3 is 15.2 Å². The number of ether oxygens (including phenoxy) is 1. The minimum absolute atomic E-state index is 0.00587. The second-order valence-electron chi connectivity index (χ2n) is 6.23. The van der Waals surface area contributed by atoms with Gasteiger partial charge in [0, 0.05) is 25.2 Å². The van der Waals surface area contributed by atoms with E-state index in [-0.39, 0.29) is 17.4 Å². The molecule has 2 fully saturated rings. The standard InChI is InChI=1S/C14H26N2O3/c1-14(2,16-6-8-19-9-7-16)10-15-13(18)11-4-3-5-12(11)17/h11-12,17H,3-10H2,1-2H3,(H,15,18). The van der Waals surface area contributed by atoms with Crippen LogP contribution in [0.1, 0.15) is 33.1 Å². The lowest BCUT2D eigenvalue weighted by molar-refractivity contribution is -0.128. The Morgan fingerprint density at radius 2 is 2.05 bits per heavy atom. The van der Waals surface area contributed by atoms with Gasteiger partial charge in [-0.3, -0.25) is 9.69 Å². The van der Waals surface area contributed by atoms with E-state index in [1.54, 1.807) is 0 Å². The minimum Gasteiger partial charge on any atom is -0.392 e. The van der Waals surface area contributed by atoms with Gasteiger partial charge in [0.1, 0.15) is 0 Å². The van der Waals surface area contributed by atoms with E-state index < -0.39 is 6.10 Å². The van der Waals surface area contributed by atoms with Gasteiger partial charge >= 0.3 is 0 Å². The van der Waals surface area contributed by atoms with Crippen molar-refractivity contribution in [2.45, 2.75) is 44.8 Å². The van der Waals surface area contributed by atoms with Gasteiger partial charge in [-0.15, -0.1) is 0 Å². The first-order valence-corrected chi connectivity index (χ1v) is 7.29. The van der Waals surface area contributed by atoms with Crippen molar-refractivity contribution in [3.63, 3.8) is 0 Å². The second-order valence-corrected chi connectivity index (χ2v) is 6.23. The number of hydrogen-bond donors (Lipinski definition) is 2. The van der Waals surface area contributed by atoms with Gasteiger partial charge in [-0.05, 0) is 33.1 Å². The van der Waals surface area contributed by atoms with Crippen LogP contribution in [0.5, 0.6) is 0 Å². The molecule has 5 heteroatoms. The zero-order valence-electron chi connectivity index (χ0n) is 12.0. The van der Waals surface area contributed by atoms with Crippen molar-refractivity contribution < 1.29 is 14.6 Å². The molecule has 0 radical (unpaired) electrons. The van der Waals surface area contributed by atoms with E-state index in [2.05, 4.69) is 24.1 Å². The Hall–Kier alpha value is -0.650. The molecule has 1 saturated heterocycles. The van der Waals surface area contributed by atoms with Gasteiger partial charge in [-0.25, -0.2) is 0 Å². The van der Waals surface area contributed by atoms with E-state index in [0.29, 0.717) is 6.54 Å². The minimum atomic E-state index is -0.452. The van der Waals surface area contributed by atoms with E-state index in [1.165, 1.54) is 0 Å². The number of aliphatic hydroxyl groups excluding tert-OH is 1. The molecule has 0 aromatic carbocycles. The molecule has 1 aliphatic heterocycles. The van der Waals surface area contributed by atoms with Crippen molar-refractivity contribution in [1.82, 2.24) is 10.2 Å². The molecule has 5 nitrogen and oxygen atoms in total. The summed E-state index contributed by atoms with van der Waals surface area (Å²) in [5.41, 5.74) is -0.0665. The molecule has 1 aliphatic carbocycles. The molecule has 0 spiro atoms. The lowest BCUT2D eigenvalue weighted by atomic mass is 10.0. The van der Waals surface area contributed by atoms with Crippen LogP contribution in [0.4, 0.5) is 0 Å². The van der Waals surface area contributed by atoms with Gasteiger partial charge in [0.2, 0.25) is 5.91 Å². The fourth-order valence-corrected chi connectivity index (χ4v) is 2.96. The topological polar surface area (TPSA) is 61.8 Å². The number of carbonyl (C=O) groups is 1. The number of aliphatic hydroxyl groups is 1. The molecule has 0 bridgehead atoms. The van der Waals surface area contributed by atoms with Crippen molar-refractivity contribution in [2.75, 3.05) is 32.8 Å². The number of nitrogens with zero attached hydrogens (tertiary/aromatic N) is 1. The van der Waals surface area contributed by atoms with Crippen LogP contribution in [0.3, 0.4) is 0 Å². The summed E-state index contributed by atoms with van der Waals surface area (Å²) < 4.78 is 5.35. The summed E-state index contributed by atoms with van der Waals surface area (Å²) in [5.74, 6) is -0.202. The number of morpholine rings is 1. The van der Waals surface area contributed by atoms with Crippen LogP contribution in [-0.4, -0.2) is 60.4 Å². The van der Waals surface area contributed by atoms with Crippen molar-refractivity contribution in [3.05, 3.63) is 0 Å². The van der Waals surface area contributed by atoms with Gasteiger partial charge in [-0.2, -0.15) is 0 Å². The summed E-state index contributed by atoms with van der Waals surface area (Å²) in [6.45, 7) is 8.25. The number of rotatable bonds is 4. The third-order valence-corrected chi connectivity index (χ3v) is 4.38. The largest absolute Gasteiger partial charge is 0.392 e. The molecule has 2 atom stereocenters. The van der Waals surface area contributed by atoms with Gasteiger partial charge in [0.25, 0.3) is 0 Å². The van der Waals surface area contributed by atoms with Crippen LogP contribution in [0, 0.1) is 5.92 Å². The normalized spacial score (nSPS) is 29.4. The molecule has 0 aromatic rings. The summed E-state index contributed by atoms with van der Waals surface area (Å²) in [7, 11) is 0. The van der Waals surface area contributed by atoms with Crippen molar-refractivity contribution >= 4 is 5.91 Å². The number of amides is 1. The molecule has 2 unspecified atom stereocenters. The summed E-state index contributed by atoms with van der Waals surface area (Å²) in [5, 5.41) is 12.8. The lowest BCUT2D eigenvalue weighted by Gasteiger charge is -2.41. The van der Waals surface area contributed by atoms with Crippen LogP contribution in [0.2, 0.25) is 0 Å². The van der Waals surface area contributed by atoms with Crippen LogP contribution in [0.15, 0.2) is 0 Å². The number of nitrogens with one attached hydrogen (secondary N) is 1. The quantitative estimate of drug-likeness (QED) is 0.775. The maximum absolute atomic E-state index is 12.1. The average Bonchev–Trinajstić information content (AvgIpc) is 2.83. The SMILES string of the molecule is CC(C)(CNC(=O)C1CCCC1O)N1CCOCC1. The number of carbonyl (C=O) groups excluding carboxylic acids is 1. The summed E-state index contributed by atoms with van der Waals surface area (Å²) in [4.78, 5) is 14.4. The van der Waals surface area contributed by atoms with Gasteiger partial charge in [0.05, 0.1) is 25.2 Å². The molecule has 1 saturated carbocycles. The molecule has 2 rings (SSSR count). The maximum Gasteiger partial charge on any atom is 0.225 e. The highest BCUT2D eigenvalue weighted by Gasteiger charge is 2.33. The van der Waals surface area contributed by atoms with Crippen LogP contribution >= 0.6 is 0 Å². The van der Waals surface area contributed by atoms with E-state index in [4.69, 9.17) is 4.74 Å². The van der Waals surface area contributed by atoms with E-state index >= 15 is 0 Å². The third kappa shape index (κ3) is 3.68. The Labute approximate surface area is 115 Å². The fourth-order valence-electron chi connectivity index (χ4n) is 2.96. The third-order valence-electron chi connectivity index (χ3n) is 4.38. The Kier molecular flexibility index (Phi) is 4.81. The zero-order valence-corrected chi connectivity index (χ0v) is 12.0. The first-order valence-electron chi connectivity index (χ1n) is 7.29. The van der Waals surface area contributed by atoms with Crippen LogP contribution in [-0.2, 0) is 9.53 Å². The molecular weight excluding hydrogens is 244 g/mol. The molecule has 0 aromatic heterocycles. The highest BCUT2D eigenvalue weighted by Crippen LogP contribution is 2.25. The average molecular weight is 270 g/mol. The first kappa shape index (κ1) is 14.8. The van der Waals surface area contributed by atoms with Crippen molar-refractivity contribution in [1.29, 1.82) is 0 Å². The van der Waals surface area contributed by atoms with E-state index in [0.717, 1.165) is 45.6 Å². The van der Waals surface area contributed by atoms with Gasteiger partial charge in [0.15, 0.2) is 0 Å². The summed E-state index contributed by atoms with van der Waals surface area (Å²) in [6, 6.07) is 0. The van der Waals surface area contributed by atoms with Gasteiger partial charge in [-0.1, -0.05) is 0 Å². The molecular formula is C14H26N2O3. The zero-order chi connectivity index (χ0) is 13.9. The van der Waals surface area contributed by atoms with Crippen molar-refractivity contribution in [3.8, 4) is 0 Å². The Balaban J connectivity index is 1.81. The van der Waals surface area contributed by atoms with Crippen molar-refractivity contribution in [2.24, 2.45) is 5.92 Å². The van der Waals surface area contributed by atoms with E-state index in [1.807, 2.05) is 0 Å². The molecule has 2 N–H and O–H groups in total. The predicted molar refractivity (Wildman–Crippen MR) is 72.8 cm³/mol. The van der Waals surface area contributed by atoms with Crippen LogP contribution in [0.25, 0.3) is 0 Å². The second kappa shape index (κ2) is 6.20. The Morgan fingerprint density at radius 1 is 1.37 bits per heavy atom. The summed E-state index contributed by atoms with van der Waals surface area (Å²) in [6.07, 6.45) is 2.06. The highest BCUT2D eigenvalue weighted by molar-refractivity contribution is 5.79. The first-order chi connectivity index (χ1) is 9.00. The molecule has 1 amide bonds. The summed E-state index contributed by atoms with van der Waals surface area (Å²) >= 11 is 0. The highest BCUT2D eigenvalue weighted by atomic mass is 16.5. The molecule has 2 aliphatic rings. The lowest BCUT2D eigenvalue weighted by Crippen LogP contribution is -2.56. The molecule has 110 valence electrons. The number of hydrogen-bond acceptors (Lipinski definition) is 4. The predicted octanol–water partition coefficient (Wildman–Crippen LogP) is 0.374. The fraction of sp³-hybridized carbons (Fsp3) is 0.929. The molecule has 19 heavy (non-hydrogen) atoms. The Bertz CT molecular complexity index is 314. The van der Waals surface area contributed by atoms with E-state index in [9.17, 15) is 9.90 Å². The van der Waals surface area contributed by atoms with Crippen LogP contribution < -0.4 is 5.32 Å². The molecule has 1 heterocycles. The Morgan fingerprint density at radius 3 is 2.63 bits per heavy atom. The monoisotopic (exact) mass is 270 g/mol. The maximum atomic E-state index is 12.1.